The minimum atomic E-state index is -0.501. The summed E-state index contributed by atoms with van der Waals surface area (Å²) in [6.45, 7) is 1.90. The maximum absolute atomic E-state index is 13.4. The molecule has 1 N–H and O–H groups in total. The lowest BCUT2D eigenvalue weighted by Gasteiger charge is -2.09. The molecule has 0 unspecified atom stereocenters. The van der Waals surface area contributed by atoms with Crippen LogP contribution in [-0.2, 0) is 0 Å². The Morgan fingerprint density at radius 1 is 1.00 bits per heavy atom. The smallest absolute Gasteiger partial charge is 0.295 e. The van der Waals surface area contributed by atoms with E-state index >= 15 is 0 Å². The zero-order valence-electron chi connectivity index (χ0n) is 15.7. The summed E-state index contributed by atoms with van der Waals surface area (Å²) in [6, 6.07) is 17.9. The Balaban J connectivity index is 1.80. The van der Waals surface area contributed by atoms with Crippen LogP contribution >= 0.6 is 23.2 Å². The van der Waals surface area contributed by atoms with Crippen molar-refractivity contribution in [1.29, 1.82) is 0 Å². The monoisotopic (exact) mass is 440 g/mol. The van der Waals surface area contributed by atoms with Gasteiger partial charge < -0.3 is 5.32 Å². The van der Waals surface area contributed by atoms with Crippen LogP contribution in [0, 0.1) is 12.7 Å². The van der Waals surface area contributed by atoms with Crippen LogP contribution in [0.2, 0.25) is 10.0 Å². The third kappa shape index (κ3) is 4.20. The summed E-state index contributed by atoms with van der Waals surface area (Å²) >= 11 is 12.2. The Hall–Kier alpha value is -3.22. The van der Waals surface area contributed by atoms with Gasteiger partial charge in [-0.2, -0.15) is 0 Å². The fourth-order valence-electron chi connectivity index (χ4n) is 2.93. The van der Waals surface area contributed by atoms with Crippen molar-refractivity contribution in [2.45, 2.75) is 6.92 Å². The van der Waals surface area contributed by atoms with Crippen LogP contribution in [0.15, 0.2) is 66.7 Å². The molecule has 0 aliphatic rings. The molecule has 8 heteroatoms. The van der Waals surface area contributed by atoms with E-state index in [9.17, 15) is 9.18 Å². The van der Waals surface area contributed by atoms with Gasteiger partial charge in [0.2, 0.25) is 5.82 Å². The zero-order chi connectivity index (χ0) is 21.3. The van der Waals surface area contributed by atoms with Gasteiger partial charge in [0.25, 0.3) is 5.91 Å². The molecule has 30 heavy (non-hydrogen) atoms. The summed E-state index contributed by atoms with van der Waals surface area (Å²) in [4.78, 5) is 17.2. The number of benzene rings is 3. The van der Waals surface area contributed by atoms with Crippen molar-refractivity contribution in [2.24, 2.45) is 0 Å². The first-order valence-corrected chi connectivity index (χ1v) is 9.73. The minimum Gasteiger partial charge on any atom is -0.319 e. The third-order valence-electron chi connectivity index (χ3n) is 4.39. The maximum atomic E-state index is 13.4. The molecule has 1 aromatic heterocycles. The number of hydrogen-bond acceptors (Lipinski definition) is 3. The molecule has 1 amide bonds. The lowest BCUT2D eigenvalue weighted by Crippen LogP contribution is -2.14. The van der Waals surface area contributed by atoms with E-state index < -0.39 is 5.91 Å². The van der Waals surface area contributed by atoms with Gasteiger partial charge in [-0.05, 0) is 67.1 Å². The van der Waals surface area contributed by atoms with E-state index in [1.807, 2.05) is 13.0 Å². The molecule has 0 spiro atoms. The van der Waals surface area contributed by atoms with Gasteiger partial charge >= 0.3 is 0 Å². The van der Waals surface area contributed by atoms with Gasteiger partial charge in [-0.25, -0.2) is 14.1 Å². The second kappa shape index (κ2) is 8.26. The first kappa shape index (κ1) is 20.1. The second-order valence-electron chi connectivity index (χ2n) is 6.57. The summed E-state index contributed by atoms with van der Waals surface area (Å²) in [7, 11) is 0. The summed E-state index contributed by atoms with van der Waals surface area (Å²) in [5, 5.41) is 8.15. The molecular formula is C22H15Cl2FN4O. The molecule has 0 saturated carbocycles. The molecule has 0 aliphatic heterocycles. The van der Waals surface area contributed by atoms with Crippen molar-refractivity contribution in [3.63, 3.8) is 0 Å². The molecule has 0 saturated heterocycles. The Bertz CT molecular complexity index is 1240. The maximum Gasteiger partial charge on any atom is 0.295 e. The number of rotatable bonds is 4. The van der Waals surface area contributed by atoms with Crippen LogP contribution in [0.5, 0.6) is 0 Å². The highest BCUT2D eigenvalue weighted by Crippen LogP contribution is 2.26. The average Bonchev–Trinajstić information content (AvgIpc) is 3.16. The van der Waals surface area contributed by atoms with Gasteiger partial charge in [-0.3, -0.25) is 4.79 Å². The predicted molar refractivity (Wildman–Crippen MR) is 116 cm³/mol. The van der Waals surface area contributed by atoms with E-state index in [1.165, 1.54) is 16.8 Å². The molecule has 5 nitrogen and oxygen atoms in total. The van der Waals surface area contributed by atoms with E-state index in [0.29, 0.717) is 32.8 Å². The van der Waals surface area contributed by atoms with Crippen LogP contribution in [0.25, 0.3) is 17.1 Å². The zero-order valence-corrected chi connectivity index (χ0v) is 17.2. The minimum absolute atomic E-state index is 0.0475. The average molecular weight is 441 g/mol. The quantitative estimate of drug-likeness (QED) is 0.426. The van der Waals surface area contributed by atoms with E-state index in [0.717, 1.165) is 5.56 Å². The molecule has 1 heterocycles. The van der Waals surface area contributed by atoms with E-state index in [2.05, 4.69) is 15.4 Å². The van der Waals surface area contributed by atoms with E-state index in [1.54, 1.807) is 48.5 Å². The number of anilines is 1. The first-order chi connectivity index (χ1) is 14.4. The van der Waals surface area contributed by atoms with Crippen LogP contribution in [0.4, 0.5) is 10.1 Å². The van der Waals surface area contributed by atoms with Crippen LogP contribution in [0.1, 0.15) is 16.2 Å². The van der Waals surface area contributed by atoms with Crippen molar-refractivity contribution in [3.05, 3.63) is 94.0 Å². The Morgan fingerprint density at radius 2 is 1.73 bits per heavy atom. The molecule has 4 aromatic rings. The second-order valence-corrected chi connectivity index (χ2v) is 7.45. The molecule has 0 aliphatic carbocycles. The summed E-state index contributed by atoms with van der Waals surface area (Å²) in [5.74, 6) is -0.535. The summed E-state index contributed by atoms with van der Waals surface area (Å²) in [6.07, 6.45) is 0. The molecular weight excluding hydrogens is 426 g/mol. The highest BCUT2D eigenvalue weighted by Gasteiger charge is 2.20. The number of carbonyl (C=O) groups is 1. The van der Waals surface area contributed by atoms with Crippen molar-refractivity contribution in [2.75, 3.05) is 5.32 Å². The lowest BCUT2D eigenvalue weighted by molar-refractivity contribution is 0.101. The molecule has 3 aromatic carbocycles. The normalized spacial score (nSPS) is 10.8. The standard InChI is InChI=1S/C22H15Cl2FN4O/c1-13-5-8-16(24)12-19(13)29-21(14-6-9-17(25)10-7-14)27-20(28-29)22(30)26-18-4-2-3-15(23)11-18/h2-12H,1H3,(H,26,30). The highest BCUT2D eigenvalue weighted by atomic mass is 35.5. The lowest BCUT2D eigenvalue weighted by atomic mass is 10.1. The van der Waals surface area contributed by atoms with Gasteiger partial charge in [-0.1, -0.05) is 35.3 Å². The highest BCUT2D eigenvalue weighted by molar-refractivity contribution is 6.31. The molecule has 150 valence electrons. The van der Waals surface area contributed by atoms with Crippen molar-refractivity contribution >= 4 is 34.8 Å². The Kier molecular flexibility index (Phi) is 5.53. The van der Waals surface area contributed by atoms with Crippen LogP contribution in [0.3, 0.4) is 0 Å². The van der Waals surface area contributed by atoms with Crippen LogP contribution in [-0.4, -0.2) is 20.7 Å². The largest absolute Gasteiger partial charge is 0.319 e. The van der Waals surface area contributed by atoms with Gasteiger partial charge in [-0.15, -0.1) is 5.10 Å². The molecule has 0 radical (unpaired) electrons. The number of aryl methyl sites for hydroxylation is 1. The van der Waals surface area contributed by atoms with Crippen molar-refractivity contribution in [3.8, 4) is 17.1 Å². The number of carbonyl (C=O) groups excluding carboxylic acids is 1. The van der Waals surface area contributed by atoms with Gasteiger partial charge in [0.1, 0.15) is 5.82 Å². The van der Waals surface area contributed by atoms with Crippen LogP contribution < -0.4 is 5.32 Å². The number of aromatic nitrogens is 3. The molecule has 4 rings (SSSR count). The summed E-state index contributed by atoms with van der Waals surface area (Å²) in [5.41, 5.74) is 2.67. The van der Waals surface area contributed by atoms with Gasteiger partial charge in [0, 0.05) is 21.3 Å². The van der Waals surface area contributed by atoms with Crippen molar-refractivity contribution in [1.82, 2.24) is 14.8 Å². The fraction of sp³-hybridized carbons (Fsp3) is 0.0455. The number of nitrogens with one attached hydrogen (secondary N) is 1. The fourth-order valence-corrected chi connectivity index (χ4v) is 3.28. The Morgan fingerprint density at radius 3 is 2.47 bits per heavy atom. The predicted octanol–water partition coefficient (Wildman–Crippen LogP) is 5.94. The third-order valence-corrected chi connectivity index (χ3v) is 4.86. The molecule has 0 bridgehead atoms. The van der Waals surface area contributed by atoms with E-state index in [4.69, 9.17) is 23.2 Å². The van der Waals surface area contributed by atoms with Crippen molar-refractivity contribution < 1.29 is 9.18 Å². The number of halogens is 3. The number of hydrogen-bond donors (Lipinski definition) is 1. The molecule has 0 fully saturated rings. The SMILES string of the molecule is Cc1ccc(Cl)cc1-n1nc(C(=O)Nc2cccc(Cl)c2)nc1-c1ccc(F)cc1. The Labute approximate surface area is 182 Å². The molecule has 0 atom stereocenters. The van der Waals surface area contributed by atoms with E-state index in [-0.39, 0.29) is 11.6 Å². The number of nitrogens with zero attached hydrogens (tertiary/aromatic N) is 3. The number of amides is 1. The topological polar surface area (TPSA) is 59.8 Å². The first-order valence-electron chi connectivity index (χ1n) is 8.97. The van der Waals surface area contributed by atoms with Gasteiger partial charge in [0.05, 0.1) is 5.69 Å². The van der Waals surface area contributed by atoms with Gasteiger partial charge in [0.15, 0.2) is 5.82 Å². The summed E-state index contributed by atoms with van der Waals surface area (Å²) < 4.78 is 14.9.